The topological polar surface area (TPSA) is 75.7 Å². The third-order valence-corrected chi connectivity index (χ3v) is 5.13. The van der Waals surface area contributed by atoms with E-state index in [0.717, 1.165) is 16.0 Å². The summed E-state index contributed by atoms with van der Waals surface area (Å²) >= 11 is 5.90. The van der Waals surface area contributed by atoms with Gasteiger partial charge in [-0.05, 0) is 48.9 Å². The average molecular weight is 447 g/mol. The number of aryl methyl sites for hydroxylation is 1. The molecule has 1 heterocycles. The molecule has 3 aromatic carbocycles. The minimum Gasteiger partial charge on any atom is -0.488 e. The Morgan fingerprint density at radius 2 is 1.72 bits per heavy atom. The molecule has 1 fully saturated rings. The Morgan fingerprint density at radius 3 is 2.47 bits per heavy atom. The molecule has 0 bridgehead atoms. The summed E-state index contributed by atoms with van der Waals surface area (Å²) in [5.41, 5.74) is 2.80. The molecule has 0 radical (unpaired) electrons. The van der Waals surface area contributed by atoms with Crippen LogP contribution in [0.3, 0.4) is 0 Å². The number of anilines is 1. The molecule has 1 N–H and O–H groups in total. The van der Waals surface area contributed by atoms with Gasteiger partial charge in [-0.3, -0.25) is 14.9 Å². The number of hydrogen-bond acceptors (Lipinski definition) is 4. The smallest absolute Gasteiger partial charge is 0.335 e. The fourth-order valence-corrected chi connectivity index (χ4v) is 3.46. The van der Waals surface area contributed by atoms with Crippen molar-refractivity contribution in [3.8, 4) is 5.75 Å². The summed E-state index contributed by atoms with van der Waals surface area (Å²) in [7, 11) is 0. The average Bonchev–Trinajstić information content (AvgIpc) is 2.77. The van der Waals surface area contributed by atoms with Crippen molar-refractivity contribution < 1.29 is 19.1 Å². The maximum Gasteiger partial charge on any atom is 0.335 e. The molecule has 160 valence electrons. The molecule has 0 unspecified atom stereocenters. The standard InChI is InChI=1S/C25H19ClN2O4/c1-16-5-4-6-17(13-16)15-32-22-8-3-2-7-18(22)14-21-23(29)27-25(31)28(24(21)30)20-11-9-19(26)10-12-20/h2-14H,15H2,1H3,(H,27,29,31)/b21-14+. The van der Waals surface area contributed by atoms with Crippen LogP contribution in [0.2, 0.25) is 5.02 Å². The highest BCUT2D eigenvalue weighted by molar-refractivity contribution is 6.39. The summed E-state index contributed by atoms with van der Waals surface area (Å²) in [6.07, 6.45) is 1.43. The van der Waals surface area contributed by atoms with Crippen molar-refractivity contribution >= 4 is 41.2 Å². The first-order valence-electron chi connectivity index (χ1n) is 9.87. The summed E-state index contributed by atoms with van der Waals surface area (Å²) < 4.78 is 5.95. The van der Waals surface area contributed by atoms with Crippen molar-refractivity contribution in [1.29, 1.82) is 0 Å². The Labute approximate surface area is 190 Å². The Hall–Kier alpha value is -3.90. The van der Waals surface area contributed by atoms with Gasteiger partial charge in [-0.2, -0.15) is 0 Å². The summed E-state index contributed by atoms with van der Waals surface area (Å²) in [6, 6.07) is 20.4. The Balaban J connectivity index is 1.63. The van der Waals surface area contributed by atoms with E-state index < -0.39 is 17.8 Å². The number of barbiturate groups is 1. The minimum absolute atomic E-state index is 0.175. The van der Waals surface area contributed by atoms with Gasteiger partial charge < -0.3 is 4.74 Å². The van der Waals surface area contributed by atoms with Gasteiger partial charge in [0.2, 0.25) is 0 Å². The summed E-state index contributed by atoms with van der Waals surface area (Å²) in [4.78, 5) is 38.8. The number of nitrogens with zero attached hydrogens (tertiary/aromatic N) is 1. The van der Waals surface area contributed by atoms with Gasteiger partial charge in [0.25, 0.3) is 11.8 Å². The normalized spacial score (nSPS) is 15.1. The van der Waals surface area contributed by atoms with E-state index in [0.29, 0.717) is 28.6 Å². The summed E-state index contributed by atoms with van der Waals surface area (Å²) in [5, 5.41) is 2.67. The van der Waals surface area contributed by atoms with Crippen LogP contribution in [0.4, 0.5) is 10.5 Å². The molecule has 3 aromatic rings. The van der Waals surface area contributed by atoms with E-state index >= 15 is 0 Å². The molecule has 1 aliphatic rings. The molecule has 4 amide bonds. The predicted octanol–water partition coefficient (Wildman–Crippen LogP) is 4.89. The molecule has 6 nitrogen and oxygen atoms in total. The predicted molar refractivity (Wildman–Crippen MR) is 122 cm³/mol. The van der Waals surface area contributed by atoms with Gasteiger partial charge in [0.15, 0.2) is 0 Å². The van der Waals surface area contributed by atoms with E-state index in [1.54, 1.807) is 36.4 Å². The van der Waals surface area contributed by atoms with Crippen LogP contribution in [-0.4, -0.2) is 17.8 Å². The monoisotopic (exact) mass is 446 g/mol. The van der Waals surface area contributed by atoms with Crippen LogP contribution in [0.15, 0.2) is 78.4 Å². The lowest BCUT2D eigenvalue weighted by Gasteiger charge is -2.26. The lowest BCUT2D eigenvalue weighted by atomic mass is 10.1. The Bertz CT molecular complexity index is 1230. The van der Waals surface area contributed by atoms with Crippen LogP contribution in [0.1, 0.15) is 16.7 Å². The number of carbonyl (C=O) groups is 3. The number of benzene rings is 3. The lowest BCUT2D eigenvalue weighted by Crippen LogP contribution is -2.54. The number of ether oxygens (including phenoxy) is 1. The van der Waals surface area contributed by atoms with Crippen molar-refractivity contribution in [2.75, 3.05) is 4.90 Å². The van der Waals surface area contributed by atoms with Gasteiger partial charge in [0.05, 0.1) is 5.69 Å². The van der Waals surface area contributed by atoms with Gasteiger partial charge in [0, 0.05) is 10.6 Å². The molecule has 0 atom stereocenters. The first kappa shape index (κ1) is 21.3. The number of halogens is 1. The molecule has 4 rings (SSSR count). The van der Waals surface area contributed by atoms with Crippen molar-refractivity contribution in [2.24, 2.45) is 0 Å². The van der Waals surface area contributed by atoms with Gasteiger partial charge in [-0.25, -0.2) is 9.69 Å². The molecule has 1 aliphatic heterocycles. The van der Waals surface area contributed by atoms with E-state index in [-0.39, 0.29) is 5.57 Å². The van der Waals surface area contributed by atoms with E-state index in [1.807, 2.05) is 31.2 Å². The molecule has 0 spiro atoms. The second kappa shape index (κ2) is 9.08. The maximum absolute atomic E-state index is 13.1. The largest absolute Gasteiger partial charge is 0.488 e. The zero-order chi connectivity index (χ0) is 22.7. The number of nitrogens with one attached hydrogen (secondary N) is 1. The van der Waals surface area contributed by atoms with E-state index in [9.17, 15) is 14.4 Å². The van der Waals surface area contributed by atoms with Crippen LogP contribution in [0.25, 0.3) is 6.08 Å². The lowest BCUT2D eigenvalue weighted by molar-refractivity contribution is -0.122. The van der Waals surface area contributed by atoms with Crippen molar-refractivity contribution in [3.05, 3.63) is 100 Å². The molecule has 32 heavy (non-hydrogen) atoms. The molecule has 0 aliphatic carbocycles. The Kier molecular flexibility index (Phi) is 6.05. The van der Waals surface area contributed by atoms with Crippen LogP contribution >= 0.6 is 11.6 Å². The number of para-hydroxylation sites is 1. The fraction of sp³-hybridized carbons (Fsp3) is 0.0800. The summed E-state index contributed by atoms with van der Waals surface area (Å²) in [5.74, 6) is -0.981. The first-order valence-corrected chi connectivity index (χ1v) is 10.2. The zero-order valence-corrected chi connectivity index (χ0v) is 17.9. The summed E-state index contributed by atoms with van der Waals surface area (Å²) in [6.45, 7) is 2.33. The second-order valence-electron chi connectivity index (χ2n) is 7.25. The fourth-order valence-electron chi connectivity index (χ4n) is 3.33. The Morgan fingerprint density at radius 1 is 0.969 bits per heavy atom. The van der Waals surface area contributed by atoms with Crippen molar-refractivity contribution in [3.63, 3.8) is 0 Å². The number of imide groups is 2. The van der Waals surface area contributed by atoms with Gasteiger partial charge in [0.1, 0.15) is 17.9 Å². The van der Waals surface area contributed by atoms with E-state index in [4.69, 9.17) is 16.3 Å². The third kappa shape index (κ3) is 4.55. The quantitative estimate of drug-likeness (QED) is 0.447. The van der Waals surface area contributed by atoms with Crippen molar-refractivity contribution in [1.82, 2.24) is 5.32 Å². The second-order valence-corrected chi connectivity index (χ2v) is 7.69. The van der Waals surface area contributed by atoms with Crippen LogP contribution in [-0.2, 0) is 16.2 Å². The van der Waals surface area contributed by atoms with Gasteiger partial charge in [-0.1, -0.05) is 59.6 Å². The highest BCUT2D eigenvalue weighted by Gasteiger charge is 2.36. The zero-order valence-electron chi connectivity index (χ0n) is 17.2. The van der Waals surface area contributed by atoms with Crippen LogP contribution in [0.5, 0.6) is 5.75 Å². The molecular weight excluding hydrogens is 428 g/mol. The first-order chi connectivity index (χ1) is 15.4. The maximum atomic E-state index is 13.1. The highest BCUT2D eigenvalue weighted by Crippen LogP contribution is 2.26. The van der Waals surface area contributed by atoms with Gasteiger partial charge >= 0.3 is 6.03 Å². The molecule has 1 saturated heterocycles. The van der Waals surface area contributed by atoms with Crippen molar-refractivity contribution in [2.45, 2.75) is 13.5 Å². The number of carbonyl (C=O) groups excluding carboxylic acids is 3. The number of urea groups is 1. The number of amides is 4. The number of rotatable bonds is 5. The minimum atomic E-state index is -0.816. The van der Waals surface area contributed by atoms with Crippen LogP contribution in [0, 0.1) is 6.92 Å². The van der Waals surface area contributed by atoms with E-state index in [2.05, 4.69) is 5.32 Å². The molecular formula is C25H19ClN2O4. The molecule has 7 heteroatoms. The third-order valence-electron chi connectivity index (χ3n) is 4.88. The molecule has 0 saturated carbocycles. The number of hydrogen-bond donors (Lipinski definition) is 1. The highest BCUT2D eigenvalue weighted by atomic mass is 35.5. The van der Waals surface area contributed by atoms with Crippen LogP contribution < -0.4 is 15.0 Å². The SMILES string of the molecule is Cc1cccc(COc2ccccc2/C=C2\C(=O)NC(=O)N(c3ccc(Cl)cc3)C2=O)c1. The van der Waals surface area contributed by atoms with Gasteiger partial charge in [-0.15, -0.1) is 0 Å². The van der Waals surface area contributed by atoms with E-state index in [1.165, 1.54) is 18.2 Å². The molecule has 0 aromatic heterocycles.